The molecule has 0 aliphatic rings. The fraction of sp³-hybridized carbons (Fsp3) is 0.0435. The van der Waals surface area contributed by atoms with Crippen molar-refractivity contribution >= 4 is 35.1 Å². The second kappa shape index (κ2) is 9.17. The first-order valence-corrected chi connectivity index (χ1v) is 9.07. The molecule has 0 radical (unpaired) electrons. The number of carbonyl (C=O) groups is 2. The normalized spacial score (nSPS) is 10.7. The SMILES string of the molecule is COc1ccc(Cl)cc1C(=O)Nc1ccc(C(=O)C=Cc2ccc(F)cc2)cc1. The second-order valence-electron chi connectivity index (χ2n) is 6.13. The number of allylic oxidation sites excluding steroid dienone is 1. The van der Waals surface area contributed by atoms with Crippen LogP contribution in [0.4, 0.5) is 10.1 Å². The third kappa shape index (κ3) is 5.30. The number of nitrogens with one attached hydrogen (secondary N) is 1. The van der Waals surface area contributed by atoms with Gasteiger partial charge in [-0.15, -0.1) is 0 Å². The number of amides is 1. The Morgan fingerprint density at radius 3 is 2.34 bits per heavy atom. The molecule has 4 nitrogen and oxygen atoms in total. The minimum Gasteiger partial charge on any atom is -0.496 e. The largest absolute Gasteiger partial charge is 0.496 e. The summed E-state index contributed by atoms with van der Waals surface area (Å²) in [5.41, 5.74) is 2.01. The van der Waals surface area contributed by atoms with Crippen LogP contribution in [-0.4, -0.2) is 18.8 Å². The van der Waals surface area contributed by atoms with E-state index in [1.807, 2.05) is 0 Å². The molecule has 0 atom stereocenters. The van der Waals surface area contributed by atoms with Gasteiger partial charge >= 0.3 is 0 Å². The summed E-state index contributed by atoms with van der Waals surface area (Å²) in [5.74, 6) is -0.505. The molecule has 0 saturated carbocycles. The monoisotopic (exact) mass is 409 g/mol. The minimum absolute atomic E-state index is 0.205. The van der Waals surface area contributed by atoms with Crippen LogP contribution in [0, 0.1) is 5.82 Å². The number of anilines is 1. The number of benzene rings is 3. The molecule has 0 saturated heterocycles. The summed E-state index contributed by atoms with van der Waals surface area (Å²) in [7, 11) is 1.47. The lowest BCUT2D eigenvalue weighted by Gasteiger charge is -2.10. The molecule has 3 aromatic rings. The fourth-order valence-electron chi connectivity index (χ4n) is 2.62. The van der Waals surface area contributed by atoms with Crippen LogP contribution in [0.15, 0.2) is 72.8 Å². The zero-order chi connectivity index (χ0) is 20.8. The van der Waals surface area contributed by atoms with E-state index in [1.165, 1.54) is 31.4 Å². The molecule has 6 heteroatoms. The minimum atomic E-state index is -0.375. The van der Waals surface area contributed by atoms with Crippen LogP contribution in [0.1, 0.15) is 26.3 Å². The maximum Gasteiger partial charge on any atom is 0.259 e. The van der Waals surface area contributed by atoms with E-state index < -0.39 is 0 Å². The number of rotatable bonds is 6. The van der Waals surface area contributed by atoms with Crippen LogP contribution in [0.25, 0.3) is 6.08 Å². The summed E-state index contributed by atoms with van der Waals surface area (Å²) >= 11 is 5.96. The molecule has 1 amide bonds. The van der Waals surface area contributed by atoms with Gasteiger partial charge in [-0.25, -0.2) is 4.39 Å². The van der Waals surface area contributed by atoms with E-state index >= 15 is 0 Å². The smallest absolute Gasteiger partial charge is 0.259 e. The van der Waals surface area contributed by atoms with Crippen molar-refractivity contribution in [2.45, 2.75) is 0 Å². The highest BCUT2D eigenvalue weighted by Gasteiger charge is 2.13. The van der Waals surface area contributed by atoms with Crippen LogP contribution < -0.4 is 10.1 Å². The van der Waals surface area contributed by atoms with Crippen molar-refractivity contribution in [3.63, 3.8) is 0 Å². The Morgan fingerprint density at radius 1 is 1.00 bits per heavy atom. The number of halogens is 2. The van der Waals surface area contributed by atoms with Gasteiger partial charge in [-0.2, -0.15) is 0 Å². The summed E-state index contributed by atoms with van der Waals surface area (Å²) < 4.78 is 18.1. The van der Waals surface area contributed by atoms with Gasteiger partial charge in [0, 0.05) is 16.3 Å². The Hall–Kier alpha value is -3.44. The number of hydrogen-bond acceptors (Lipinski definition) is 3. The summed E-state index contributed by atoms with van der Waals surface area (Å²) in [6.07, 6.45) is 3.03. The lowest BCUT2D eigenvalue weighted by Crippen LogP contribution is -2.13. The highest BCUT2D eigenvalue weighted by atomic mass is 35.5. The molecule has 0 aliphatic heterocycles. The summed E-state index contributed by atoms with van der Waals surface area (Å²) in [6.45, 7) is 0. The Morgan fingerprint density at radius 2 is 1.69 bits per heavy atom. The molecular weight excluding hydrogens is 393 g/mol. The molecular formula is C23H17ClFNO3. The van der Waals surface area contributed by atoms with Crippen molar-refractivity contribution in [2.75, 3.05) is 12.4 Å². The quantitative estimate of drug-likeness (QED) is 0.423. The maximum atomic E-state index is 12.9. The predicted molar refractivity (Wildman–Crippen MR) is 112 cm³/mol. The van der Waals surface area contributed by atoms with Gasteiger partial charge in [0.15, 0.2) is 5.78 Å². The van der Waals surface area contributed by atoms with E-state index in [0.29, 0.717) is 27.6 Å². The Bertz CT molecular complexity index is 1060. The average Bonchev–Trinajstić information content (AvgIpc) is 2.73. The molecule has 0 aliphatic carbocycles. The van der Waals surface area contributed by atoms with Gasteiger partial charge in [0.05, 0.1) is 12.7 Å². The van der Waals surface area contributed by atoms with E-state index in [1.54, 1.807) is 54.6 Å². The summed E-state index contributed by atoms with van der Waals surface area (Å²) in [5, 5.41) is 3.17. The number of hydrogen-bond donors (Lipinski definition) is 1. The van der Waals surface area contributed by atoms with Gasteiger partial charge in [-0.1, -0.05) is 29.8 Å². The summed E-state index contributed by atoms with van der Waals surface area (Å²) in [6, 6.07) is 17.1. The standard InChI is InChI=1S/C23H17ClFNO3/c1-29-22-13-7-17(24)14-20(22)23(28)26-19-10-5-16(6-11-19)21(27)12-4-15-2-8-18(25)9-3-15/h2-14H,1H3,(H,26,28). The molecule has 0 spiro atoms. The van der Waals surface area contributed by atoms with Crippen molar-refractivity contribution in [1.82, 2.24) is 0 Å². The van der Waals surface area contributed by atoms with E-state index in [2.05, 4.69) is 5.32 Å². The van der Waals surface area contributed by atoms with Crippen LogP contribution >= 0.6 is 11.6 Å². The van der Waals surface area contributed by atoms with E-state index in [0.717, 1.165) is 5.56 Å². The Labute approximate surface area is 172 Å². The van der Waals surface area contributed by atoms with E-state index in [-0.39, 0.29) is 17.5 Å². The zero-order valence-electron chi connectivity index (χ0n) is 15.5. The number of methoxy groups -OCH3 is 1. The summed E-state index contributed by atoms with van der Waals surface area (Å²) in [4.78, 5) is 24.8. The predicted octanol–water partition coefficient (Wildman–Crippen LogP) is 5.64. The lowest BCUT2D eigenvalue weighted by atomic mass is 10.1. The molecule has 1 N–H and O–H groups in total. The maximum absolute atomic E-state index is 12.9. The molecule has 0 bridgehead atoms. The third-order valence-electron chi connectivity index (χ3n) is 4.13. The van der Waals surface area contributed by atoms with Crippen LogP contribution in [-0.2, 0) is 0 Å². The molecule has 146 valence electrons. The van der Waals surface area contributed by atoms with Gasteiger partial charge in [0.2, 0.25) is 0 Å². The second-order valence-corrected chi connectivity index (χ2v) is 6.56. The molecule has 3 aromatic carbocycles. The van der Waals surface area contributed by atoms with Crippen LogP contribution in [0.3, 0.4) is 0 Å². The first kappa shape index (κ1) is 20.3. The molecule has 0 fully saturated rings. The molecule has 0 aromatic heterocycles. The third-order valence-corrected chi connectivity index (χ3v) is 4.37. The van der Waals surface area contributed by atoms with Gasteiger partial charge in [-0.3, -0.25) is 9.59 Å². The average molecular weight is 410 g/mol. The van der Waals surface area contributed by atoms with Crippen molar-refractivity contribution in [1.29, 1.82) is 0 Å². The number of ether oxygens (including phenoxy) is 1. The van der Waals surface area contributed by atoms with Crippen molar-refractivity contribution in [2.24, 2.45) is 0 Å². The topological polar surface area (TPSA) is 55.4 Å². The highest BCUT2D eigenvalue weighted by Crippen LogP contribution is 2.24. The van der Waals surface area contributed by atoms with Crippen LogP contribution in [0.2, 0.25) is 5.02 Å². The van der Waals surface area contributed by atoms with Crippen molar-refractivity contribution < 1.29 is 18.7 Å². The van der Waals surface area contributed by atoms with Gasteiger partial charge < -0.3 is 10.1 Å². The molecule has 0 unspecified atom stereocenters. The van der Waals surface area contributed by atoms with Gasteiger partial charge in [0.1, 0.15) is 11.6 Å². The highest BCUT2D eigenvalue weighted by molar-refractivity contribution is 6.31. The Kier molecular flexibility index (Phi) is 6.42. The van der Waals surface area contributed by atoms with E-state index in [4.69, 9.17) is 16.3 Å². The molecule has 29 heavy (non-hydrogen) atoms. The first-order valence-electron chi connectivity index (χ1n) is 8.69. The van der Waals surface area contributed by atoms with Crippen molar-refractivity contribution in [3.05, 3.63) is 100 Å². The first-order chi connectivity index (χ1) is 14.0. The van der Waals surface area contributed by atoms with Gasteiger partial charge in [-0.05, 0) is 66.2 Å². The Balaban J connectivity index is 1.68. The van der Waals surface area contributed by atoms with Gasteiger partial charge in [0.25, 0.3) is 5.91 Å². The molecule has 3 rings (SSSR count). The molecule has 0 heterocycles. The van der Waals surface area contributed by atoms with E-state index in [9.17, 15) is 14.0 Å². The van der Waals surface area contributed by atoms with Crippen molar-refractivity contribution in [3.8, 4) is 5.75 Å². The zero-order valence-corrected chi connectivity index (χ0v) is 16.2. The number of ketones is 1. The fourth-order valence-corrected chi connectivity index (χ4v) is 2.79. The van der Waals surface area contributed by atoms with Crippen LogP contribution in [0.5, 0.6) is 5.75 Å². The number of carbonyl (C=O) groups excluding carboxylic acids is 2. The lowest BCUT2D eigenvalue weighted by molar-refractivity contribution is 0.102.